The molecule has 0 radical (unpaired) electrons. The van der Waals surface area contributed by atoms with Gasteiger partial charge in [-0.15, -0.1) is 0 Å². The zero-order chi connectivity index (χ0) is 17.2. The Morgan fingerprint density at radius 2 is 1.43 bits per heavy atom. The van der Waals surface area contributed by atoms with Gasteiger partial charge in [0, 0.05) is 0 Å². The molecule has 0 aromatic heterocycles. The van der Waals surface area contributed by atoms with Crippen molar-refractivity contribution in [2.75, 3.05) is 7.11 Å². The van der Waals surface area contributed by atoms with Gasteiger partial charge < -0.3 is 4.74 Å². The maximum absolute atomic E-state index is 11.3. The molecule has 0 spiro atoms. The third-order valence-corrected chi connectivity index (χ3v) is 4.19. The number of esters is 1. The van der Waals surface area contributed by atoms with E-state index in [0.717, 1.165) is 19.3 Å². The van der Waals surface area contributed by atoms with Crippen LogP contribution in [0, 0.1) is 5.92 Å². The molecule has 1 unspecified atom stereocenters. The molecule has 0 aliphatic heterocycles. The van der Waals surface area contributed by atoms with Crippen molar-refractivity contribution in [3.8, 4) is 0 Å². The maximum atomic E-state index is 11.3. The SMILES string of the molecule is CCCCCC=CCC=CCCCCCCCC(C)C(=O)OC. The quantitative estimate of drug-likeness (QED) is 0.193. The zero-order valence-corrected chi connectivity index (χ0v) is 15.7. The molecule has 0 saturated carbocycles. The van der Waals surface area contributed by atoms with Gasteiger partial charge in [0.25, 0.3) is 0 Å². The summed E-state index contributed by atoms with van der Waals surface area (Å²) in [5, 5.41) is 0. The highest BCUT2D eigenvalue weighted by atomic mass is 16.5. The lowest BCUT2D eigenvalue weighted by Gasteiger charge is -2.08. The van der Waals surface area contributed by atoms with E-state index in [1.54, 1.807) is 0 Å². The van der Waals surface area contributed by atoms with Gasteiger partial charge in [-0.1, -0.05) is 76.7 Å². The molecule has 2 heteroatoms. The fourth-order valence-corrected chi connectivity index (χ4v) is 2.58. The van der Waals surface area contributed by atoms with E-state index >= 15 is 0 Å². The van der Waals surface area contributed by atoms with E-state index in [9.17, 15) is 4.79 Å². The van der Waals surface area contributed by atoms with Crippen LogP contribution in [0.3, 0.4) is 0 Å². The minimum absolute atomic E-state index is 0.0537. The van der Waals surface area contributed by atoms with Gasteiger partial charge >= 0.3 is 5.97 Å². The Hall–Kier alpha value is -1.05. The number of ether oxygens (including phenoxy) is 1. The summed E-state index contributed by atoms with van der Waals surface area (Å²) in [6.45, 7) is 4.20. The van der Waals surface area contributed by atoms with E-state index in [4.69, 9.17) is 4.74 Å². The van der Waals surface area contributed by atoms with Crippen LogP contribution in [0.25, 0.3) is 0 Å². The monoisotopic (exact) mass is 322 g/mol. The number of methoxy groups -OCH3 is 1. The Bertz CT molecular complexity index is 318. The van der Waals surface area contributed by atoms with E-state index in [2.05, 4.69) is 31.2 Å². The molecule has 0 saturated heterocycles. The van der Waals surface area contributed by atoms with Crippen molar-refractivity contribution in [2.24, 2.45) is 5.92 Å². The lowest BCUT2D eigenvalue weighted by Crippen LogP contribution is -2.12. The summed E-state index contributed by atoms with van der Waals surface area (Å²) in [5.41, 5.74) is 0. The van der Waals surface area contributed by atoms with Crippen molar-refractivity contribution in [2.45, 2.75) is 90.9 Å². The van der Waals surface area contributed by atoms with Crippen LogP contribution in [0.4, 0.5) is 0 Å². The van der Waals surface area contributed by atoms with Crippen LogP contribution in [0.5, 0.6) is 0 Å². The summed E-state index contributed by atoms with van der Waals surface area (Å²) in [7, 11) is 1.47. The highest BCUT2D eigenvalue weighted by molar-refractivity contribution is 5.71. The van der Waals surface area contributed by atoms with Crippen LogP contribution < -0.4 is 0 Å². The molecule has 0 aliphatic carbocycles. The molecule has 0 N–H and O–H groups in total. The highest BCUT2D eigenvalue weighted by Gasteiger charge is 2.11. The first kappa shape index (κ1) is 21.9. The maximum Gasteiger partial charge on any atom is 0.308 e. The van der Waals surface area contributed by atoms with E-state index in [-0.39, 0.29) is 11.9 Å². The number of carbonyl (C=O) groups is 1. The Balaban J connectivity index is 3.29. The molecule has 0 aliphatic rings. The Morgan fingerprint density at radius 1 is 0.870 bits per heavy atom. The van der Waals surface area contributed by atoms with Crippen molar-refractivity contribution in [1.82, 2.24) is 0 Å². The first-order valence-electron chi connectivity index (χ1n) is 9.60. The van der Waals surface area contributed by atoms with Crippen molar-refractivity contribution >= 4 is 5.97 Å². The average Bonchev–Trinajstić information content (AvgIpc) is 2.57. The number of allylic oxidation sites excluding steroid dienone is 4. The van der Waals surface area contributed by atoms with Crippen molar-refractivity contribution in [3.63, 3.8) is 0 Å². The molecule has 0 amide bonds. The predicted molar refractivity (Wildman–Crippen MR) is 101 cm³/mol. The number of rotatable bonds is 15. The normalized spacial score (nSPS) is 13.0. The predicted octanol–water partition coefficient (Wildman–Crippen LogP) is 6.61. The number of unbranched alkanes of at least 4 members (excludes halogenated alkanes) is 8. The highest BCUT2D eigenvalue weighted by Crippen LogP contribution is 2.13. The van der Waals surface area contributed by atoms with E-state index in [1.165, 1.54) is 64.9 Å². The fraction of sp³-hybridized carbons (Fsp3) is 0.762. The topological polar surface area (TPSA) is 26.3 Å². The van der Waals surface area contributed by atoms with E-state index in [1.807, 2.05) is 6.92 Å². The smallest absolute Gasteiger partial charge is 0.308 e. The number of carbonyl (C=O) groups excluding carboxylic acids is 1. The Labute approximate surface area is 144 Å². The summed E-state index contributed by atoms with van der Waals surface area (Å²) < 4.78 is 4.74. The van der Waals surface area contributed by atoms with Gasteiger partial charge in [-0.3, -0.25) is 4.79 Å². The van der Waals surface area contributed by atoms with Crippen LogP contribution in [-0.2, 0) is 9.53 Å². The van der Waals surface area contributed by atoms with Gasteiger partial charge in [0.1, 0.15) is 0 Å². The summed E-state index contributed by atoms with van der Waals surface area (Å²) in [5.74, 6) is -0.0208. The van der Waals surface area contributed by atoms with Crippen LogP contribution in [0.15, 0.2) is 24.3 Å². The van der Waals surface area contributed by atoms with Gasteiger partial charge in [-0.25, -0.2) is 0 Å². The van der Waals surface area contributed by atoms with Crippen LogP contribution >= 0.6 is 0 Å². The first-order chi connectivity index (χ1) is 11.2. The minimum Gasteiger partial charge on any atom is -0.469 e. The van der Waals surface area contributed by atoms with Crippen molar-refractivity contribution < 1.29 is 9.53 Å². The summed E-state index contributed by atoms with van der Waals surface area (Å²) in [4.78, 5) is 11.3. The van der Waals surface area contributed by atoms with Crippen molar-refractivity contribution in [1.29, 1.82) is 0 Å². The van der Waals surface area contributed by atoms with Crippen LogP contribution in [0.1, 0.15) is 90.9 Å². The molecule has 134 valence electrons. The molecule has 0 bridgehead atoms. The first-order valence-corrected chi connectivity index (χ1v) is 9.60. The lowest BCUT2D eigenvalue weighted by molar-refractivity contribution is -0.145. The molecular weight excluding hydrogens is 284 g/mol. The molecule has 0 fully saturated rings. The van der Waals surface area contributed by atoms with Crippen molar-refractivity contribution in [3.05, 3.63) is 24.3 Å². The molecular formula is C21H38O2. The second-order valence-electron chi connectivity index (χ2n) is 6.44. The van der Waals surface area contributed by atoms with Crippen LogP contribution in [-0.4, -0.2) is 13.1 Å². The summed E-state index contributed by atoms with van der Waals surface area (Å²) >= 11 is 0. The number of hydrogen-bond donors (Lipinski definition) is 0. The fourth-order valence-electron chi connectivity index (χ4n) is 2.58. The molecule has 2 nitrogen and oxygen atoms in total. The van der Waals surface area contributed by atoms with Gasteiger partial charge in [0.05, 0.1) is 13.0 Å². The molecule has 1 atom stereocenters. The molecule has 23 heavy (non-hydrogen) atoms. The molecule has 0 aromatic carbocycles. The lowest BCUT2D eigenvalue weighted by atomic mass is 10.0. The molecule has 0 aromatic rings. The van der Waals surface area contributed by atoms with Gasteiger partial charge in [0.15, 0.2) is 0 Å². The largest absolute Gasteiger partial charge is 0.469 e. The Morgan fingerprint density at radius 3 is 2.04 bits per heavy atom. The molecule has 0 rings (SSSR count). The Kier molecular flexibility index (Phi) is 16.5. The third-order valence-electron chi connectivity index (χ3n) is 4.19. The molecule has 0 heterocycles. The zero-order valence-electron chi connectivity index (χ0n) is 15.7. The third kappa shape index (κ3) is 15.6. The van der Waals surface area contributed by atoms with Crippen LogP contribution in [0.2, 0.25) is 0 Å². The minimum atomic E-state index is -0.0745. The summed E-state index contributed by atoms with van der Waals surface area (Å²) in [6, 6.07) is 0. The number of hydrogen-bond acceptors (Lipinski definition) is 2. The van der Waals surface area contributed by atoms with E-state index in [0.29, 0.717) is 0 Å². The second kappa shape index (κ2) is 17.3. The van der Waals surface area contributed by atoms with E-state index < -0.39 is 0 Å². The summed E-state index contributed by atoms with van der Waals surface area (Å²) in [6.07, 6.45) is 23.9. The van der Waals surface area contributed by atoms with Gasteiger partial charge in [-0.2, -0.15) is 0 Å². The van der Waals surface area contributed by atoms with Gasteiger partial charge in [-0.05, 0) is 38.5 Å². The average molecular weight is 323 g/mol. The standard InChI is InChI=1S/C21H38O2/c1-4-5-6-7-8-9-10-11-12-13-14-15-16-17-18-19-20(2)21(22)23-3/h8-9,11-12,20H,4-7,10,13-19H2,1-3H3. The van der Waals surface area contributed by atoms with Gasteiger partial charge in [0.2, 0.25) is 0 Å². The second-order valence-corrected chi connectivity index (χ2v) is 6.44.